The summed E-state index contributed by atoms with van der Waals surface area (Å²) in [5.41, 5.74) is 3.06. The molecule has 1 aliphatic heterocycles. The van der Waals surface area contributed by atoms with Gasteiger partial charge in [-0.15, -0.1) is 0 Å². The van der Waals surface area contributed by atoms with Crippen molar-refractivity contribution in [1.29, 1.82) is 0 Å². The van der Waals surface area contributed by atoms with E-state index in [0.29, 0.717) is 5.92 Å². The normalized spacial score (nSPS) is 24.8. The molecule has 7 heteroatoms. The summed E-state index contributed by atoms with van der Waals surface area (Å²) in [5, 5.41) is 0.0529. The molecular formula is C17H27NO4SSi. The predicted octanol–water partition coefficient (Wildman–Crippen LogP) is 3.36. The minimum atomic E-state index is -2.16. The first kappa shape index (κ1) is 19.5. The van der Waals surface area contributed by atoms with Crippen molar-refractivity contribution < 1.29 is 18.5 Å². The number of rotatable bonds is 7. The second-order valence-electron chi connectivity index (χ2n) is 6.25. The Morgan fingerprint density at radius 2 is 2.21 bits per heavy atom. The van der Waals surface area contributed by atoms with Crippen LogP contribution in [0.5, 0.6) is 5.75 Å². The van der Waals surface area contributed by atoms with E-state index in [0.717, 1.165) is 43.5 Å². The molecule has 0 amide bonds. The second-order valence-corrected chi connectivity index (χ2v) is 10.7. The van der Waals surface area contributed by atoms with E-state index in [1.54, 1.807) is 0 Å². The fourth-order valence-corrected chi connectivity index (χ4v) is 5.32. The van der Waals surface area contributed by atoms with Gasteiger partial charge in [0.25, 0.3) is 0 Å². The number of carbonyl (C=O) groups excluding carboxylic acids is 1. The zero-order chi connectivity index (χ0) is 17.3. The first-order chi connectivity index (χ1) is 11.6. The first-order valence-electron chi connectivity index (χ1n) is 8.46. The Labute approximate surface area is 149 Å². The van der Waals surface area contributed by atoms with Gasteiger partial charge in [-0.25, -0.2) is 5.48 Å². The molecular weight excluding hydrogens is 342 g/mol. The van der Waals surface area contributed by atoms with Crippen LogP contribution in [0.4, 0.5) is 0 Å². The smallest absolute Gasteiger partial charge is 0.355 e. The van der Waals surface area contributed by atoms with Crippen LogP contribution in [0.1, 0.15) is 19.8 Å². The van der Waals surface area contributed by atoms with Gasteiger partial charge < -0.3 is 13.7 Å². The fraction of sp³-hybridized carbons (Fsp3) is 0.588. The fourth-order valence-electron chi connectivity index (χ4n) is 2.35. The van der Waals surface area contributed by atoms with Crippen LogP contribution in [0.15, 0.2) is 30.3 Å². The number of hydrogen-bond acceptors (Lipinski definition) is 6. The maximum Gasteiger partial charge on any atom is 0.355 e. The van der Waals surface area contributed by atoms with Crippen molar-refractivity contribution in [1.82, 2.24) is 5.48 Å². The Bertz CT molecular complexity index is 493. The lowest BCUT2D eigenvalue weighted by molar-refractivity contribution is -0.112. The summed E-state index contributed by atoms with van der Waals surface area (Å²) in [6.45, 7) is 6.01. The molecule has 5 nitrogen and oxygen atoms in total. The molecule has 1 aliphatic rings. The minimum absolute atomic E-state index is 0.0529. The average Bonchev–Trinajstić information content (AvgIpc) is 2.56. The monoisotopic (exact) mass is 369 g/mol. The number of nitrogens with one attached hydrogen (secondary N) is 1. The molecule has 2 unspecified atom stereocenters. The maximum atomic E-state index is 11.9. The quantitative estimate of drug-likeness (QED) is 0.587. The highest BCUT2D eigenvalue weighted by molar-refractivity contribution is 8.13. The lowest BCUT2D eigenvalue weighted by Crippen LogP contribution is -2.46. The van der Waals surface area contributed by atoms with Crippen molar-refractivity contribution in [2.45, 2.75) is 32.4 Å². The van der Waals surface area contributed by atoms with E-state index in [2.05, 4.69) is 19.0 Å². The van der Waals surface area contributed by atoms with Gasteiger partial charge in [0.1, 0.15) is 5.75 Å². The third-order valence-electron chi connectivity index (χ3n) is 3.88. The van der Waals surface area contributed by atoms with E-state index in [1.807, 2.05) is 30.3 Å². The zero-order valence-corrected chi connectivity index (χ0v) is 16.3. The minimum Gasteiger partial charge on any atom is -0.485 e. The zero-order valence-electron chi connectivity index (χ0n) is 14.5. The number of carbonyl (C=O) groups is 1. The largest absolute Gasteiger partial charge is 0.485 e. The number of para-hydroxylation sites is 1. The Morgan fingerprint density at radius 3 is 3.00 bits per heavy atom. The van der Waals surface area contributed by atoms with Gasteiger partial charge in [-0.2, -0.15) is 0 Å². The molecule has 2 atom stereocenters. The molecule has 0 bridgehead atoms. The van der Waals surface area contributed by atoms with E-state index in [-0.39, 0.29) is 11.7 Å². The van der Waals surface area contributed by atoms with E-state index < -0.39 is 8.56 Å². The standard InChI is InChI=1S/C17H27NO4SSi/c1-15-9-10-21-24(2,22-18-13-15)12-6-11-23-17(19)14-20-16-7-4-3-5-8-16/h3-5,7-8,15,18H,6,9-14H2,1-2H3. The topological polar surface area (TPSA) is 56.8 Å². The third-order valence-corrected chi connectivity index (χ3v) is 7.46. The Kier molecular flexibility index (Phi) is 8.27. The lowest BCUT2D eigenvalue weighted by Gasteiger charge is -2.30. The summed E-state index contributed by atoms with van der Waals surface area (Å²) in [5.74, 6) is 2.06. The number of thioether (sulfide) groups is 1. The lowest BCUT2D eigenvalue weighted by atomic mass is 10.1. The number of benzene rings is 1. The number of ether oxygens (including phenoxy) is 1. The van der Waals surface area contributed by atoms with Crippen molar-refractivity contribution >= 4 is 25.4 Å². The van der Waals surface area contributed by atoms with Gasteiger partial charge in [-0.3, -0.25) is 4.79 Å². The molecule has 1 fully saturated rings. The SMILES string of the molecule is CC1CCO[Si](C)(CCCSC(=O)COc2ccccc2)ONC1. The van der Waals surface area contributed by atoms with Crippen LogP contribution in [0.3, 0.4) is 0 Å². The van der Waals surface area contributed by atoms with Gasteiger partial charge in [0.15, 0.2) is 6.61 Å². The molecule has 1 aromatic rings. The molecule has 0 radical (unpaired) electrons. The molecule has 24 heavy (non-hydrogen) atoms. The molecule has 0 aromatic heterocycles. The van der Waals surface area contributed by atoms with Crippen molar-refractivity contribution in [3.8, 4) is 5.75 Å². The van der Waals surface area contributed by atoms with E-state index >= 15 is 0 Å². The van der Waals surface area contributed by atoms with E-state index in [9.17, 15) is 4.79 Å². The van der Waals surface area contributed by atoms with Gasteiger partial charge in [0.2, 0.25) is 5.12 Å². The van der Waals surface area contributed by atoms with Crippen LogP contribution in [0.2, 0.25) is 12.6 Å². The second kappa shape index (κ2) is 10.2. The van der Waals surface area contributed by atoms with Crippen LogP contribution >= 0.6 is 11.8 Å². The molecule has 2 rings (SSSR count). The Balaban J connectivity index is 1.60. The summed E-state index contributed by atoms with van der Waals surface area (Å²) < 4.78 is 17.2. The summed E-state index contributed by atoms with van der Waals surface area (Å²) in [4.78, 5) is 11.9. The summed E-state index contributed by atoms with van der Waals surface area (Å²) in [7, 11) is -2.16. The summed E-state index contributed by atoms with van der Waals surface area (Å²) >= 11 is 1.32. The highest BCUT2D eigenvalue weighted by atomic mass is 32.2. The van der Waals surface area contributed by atoms with E-state index in [4.69, 9.17) is 13.7 Å². The van der Waals surface area contributed by atoms with Crippen LogP contribution in [0.25, 0.3) is 0 Å². The number of hydrogen-bond donors (Lipinski definition) is 1. The molecule has 0 spiro atoms. The molecule has 0 aliphatic carbocycles. The van der Waals surface area contributed by atoms with Crippen molar-refractivity contribution in [3.05, 3.63) is 30.3 Å². The first-order valence-corrected chi connectivity index (χ1v) is 12.0. The van der Waals surface area contributed by atoms with Crippen LogP contribution in [0, 0.1) is 5.92 Å². The maximum absolute atomic E-state index is 11.9. The molecule has 1 saturated heterocycles. The Hall–Kier alpha value is -0.863. The van der Waals surface area contributed by atoms with Crippen LogP contribution in [-0.2, 0) is 13.7 Å². The van der Waals surface area contributed by atoms with Gasteiger partial charge in [0.05, 0.1) is 0 Å². The van der Waals surface area contributed by atoms with Crippen LogP contribution in [-0.4, -0.2) is 39.2 Å². The highest BCUT2D eigenvalue weighted by Gasteiger charge is 2.33. The number of hydroxylamine groups is 1. The Morgan fingerprint density at radius 1 is 1.42 bits per heavy atom. The van der Waals surface area contributed by atoms with Crippen LogP contribution < -0.4 is 10.2 Å². The predicted molar refractivity (Wildman–Crippen MR) is 99.3 cm³/mol. The molecule has 1 aromatic carbocycles. The molecule has 134 valence electrons. The van der Waals surface area contributed by atoms with Crippen molar-refractivity contribution in [2.24, 2.45) is 5.92 Å². The molecule has 0 saturated carbocycles. The highest BCUT2D eigenvalue weighted by Crippen LogP contribution is 2.20. The van der Waals surface area contributed by atoms with Gasteiger partial charge in [-0.05, 0) is 43.5 Å². The molecule has 1 heterocycles. The third kappa shape index (κ3) is 7.35. The van der Waals surface area contributed by atoms with E-state index in [1.165, 1.54) is 11.8 Å². The average molecular weight is 370 g/mol. The van der Waals surface area contributed by atoms with Crippen molar-refractivity contribution in [2.75, 3.05) is 25.5 Å². The van der Waals surface area contributed by atoms with Crippen molar-refractivity contribution in [3.63, 3.8) is 0 Å². The van der Waals surface area contributed by atoms with Gasteiger partial charge in [-0.1, -0.05) is 36.9 Å². The summed E-state index contributed by atoms with van der Waals surface area (Å²) in [6.07, 6.45) is 1.96. The van der Waals surface area contributed by atoms with Gasteiger partial charge >= 0.3 is 8.56 Å². The van der Waals surface area contributed by atoms with Gasteiger partial charge in [0, 0.05) is 18.9 Å². The molecule has 1 N–H and O–H groups in total. The summed E-state index contributed by atoms with van der Waals surface area (Å²) in [6, 6.07) is 10.3.